The summed E-state index contributed by atoms with van der Waals surface area (Å²) >= 11 is 0. The van der Waals surface area contributed by atoms with Crippen LogP contribution in [-0.2, 0) is 4.74 Å². The number of benzene rings is 1. The lowest BCUT2D eigenvalue weighted by atomic mass is 10.0. The van der Waals surface area contributed by atoms with Crippen molar-refractivity contribution in [2.24, 2.45) is 0 Å². The number of morpholine rings is 1. The Morgan fingerprint density at radius 1 is 1.26 bits per heavy atom. The molecule has 5 nitrogen and oxygen atoms in total. The Balaban J connectivity index is 1.63. The van der Waals surface area contributed by atoms with Gasteiger partial charge in [0.15, 0.2) is 11.5 Å². The summed E-state index contributed by atoms with van der Waals surface area (Å²) in [5.41, 5.74) is 0.884. The highest BCUT2D eigenvalue weighted by Crippen LogP contribution is 2.20. The number of Topliss-reactive ketones (excluding diaryl/α,β-unsaturated/α-hetero) is 1. The summed E-state index contributed by atoms with van der Waals surface area (Å²) < 4.78 is 10.7. The lowest BCUT2D eigenvalue weighted by Gasteiger charge is -2.36. The topological polar surface area (TPSA) is 62.9 Å². The summed E-state index contributed by atoms with van der Waals surface area (Å²) in [6.07, 6.45) is 1.26. The van der Waals surface area contributed by atoms with Gasteiger partial charge in [0.1, 0.15) is 0 Å². The van der Waals surface area contributed by atoms with Crippen molar-refractivity contribution in [2.75, 3.05) is 26.3 Å². The Morgan fingerprint density at radius 2 is 2.09 bits per heavy atom. The summed E-state index contributed by atoms with van der Waals surface area (Å²) in [6.45, 7) is 2.31. The lowest BCUT2D eigenvalue weighted by molar-refractivity contribution is -0.0274. The van der Waals surface area contributed by atoms with Crippen LogP contribution in [0.1, 0.15) is 28.6 Å². The first-order valence-corrected chi connectivity index (χ1v) is 7.85. The first kappa shape index (κ1) is 15.9. The van der Waals surface area contributed by atoms with E-state index in [9.17, 15) is 9.90 Å². The molecule has 0 aliphatic carbocycles. The molecule has 1 aliphatic rings. The lowest BCUT2D eigenvalue weighted by Crippen LogP contribution is -2.48. The molecule has 0 radical (unpaired) electrons. The standard InChI is InChI=1S/C18H21NO4/c20-16(18-7-4-9-23-18)11-15-13-22-10-8-19(15)12-17(21)14-5-2-1-3-6-14/h1-7,9,15,17,21H,8,10-13H2/t15-,17+/m1/s1. The smallest absolute Gasteiger partial charge is 0.199 e. The number of rotatable bonds is 6. The fourth-order valence-corrected chi connectivity index (χ4v) is 2.87. The van der Waals surface area contributed by atoms with Crippen LogP contribution in [-0.4, -0.2) is 48.1 Å². The number of furan rings is 1. The molecular formula is C18H21NO4. The second-order valence-corrected chi connectivity index (χ2v) is 5.75. The molecule has 0 spiro atoms. The summed E-state index contributed by atoms with van der Waals surface area (Å²) in [4.78, 5) is 14.4. The number of carbonyl (C=O) groups excluding carboxylic acids is 1. The van der Waals surface area contributed by atoms with Crippen LogP contribution >= 0.6 is 0 Å². The van der Waals surface area contributed by atoms with Crippen molar-refractivity contribution in [3.63, 3.8) is 0 Å². The van der Waals surface area contributed by atoms with Crippen LogP contribution in [0.15, 0.2) is 53.1 Å². The number of aliphatic hydroxyl groups is 1. The Labute approximate surface area is 135 Å². The molecule has 0 saturated carbocycles. The van der Waals surface area contributed by atoms with Gasteiger partial charge in [-0.25, -0.2) is 0 Å². The van der Waals surface area contributed by atoms with Gasteiger partial charge in [-0.2, -0.15) is 0 Å². The number of carbonyl (C=O) groups is 1. The zero-order chi connectivity index (χ0) is 16.1. The third-order valence-electron chi connectivity index (χ3n) is 4.16. The molecule has 2 heterocycles. The third kappa shape index (κ3) is 4.07. The van der Waals surface area contributed by atoms with E-state index in [1.165, 1.54) is 6.26 Å². The minimum absolute atomic E-state index is 0.0373. The number of aliphatic hydroxyl groups excluding tert-OH is 1. The van der Waals surface area contributed by atoms with Gasteiger partial charge >= 0.3 is 0 Å². The van der Waals surface area contributed by atoms with Crippen LogP contribution in [0.2, 0.25) is 0 Å². The van der Waals surface area contributed by atoms with E-state index < -0.39 is 6.10 Å². The molecule has 1 fully saturated rings. The van der Waals surface area contributed by atoms with Crippen LogP contribution in [0, 0.1) is 0 Å². The molecule has 23 heavy (non-hydrogen) atoms. The molecule has 3 rings (SSSR count). The molecule has 0 unspecified atom stereocenters. The van der Waals surface area contributed by atoms with Crippen molar-refractivity contribution in [3.05, 3.63) is 60.1 Å². The first-order valence-electron chi connectivity index (χ1n) is 7.85. The van der Waals surface area contributed by atoms with Gasteiger partial charge in [0.25, 0.3) is 0 Å². The van der Waals surface area contributed by atoms with E-state index >= 15 is 0 Å². The van der Waals surface area contributed by atoms with Crippen LogP contribution in [0.3, 0.4) is 0 Å². The zero-order valence-electron chi connectivity index (χ0n) is 12.9. The van der Waals surface area contributed by atoms with Crippen molar-refractivity contribution < 1.29 is 19.1 Å². The number of β-amino-alcohol motifs (C(OH)–C–C–N with tert-alkyl or cyclic N) is 1. The fraction of sp³-hybridized carbons (Fsp3) is 0.389. The second kappa shape index (κ2) is 7.55. The van der Waals surface area contributed by atoms with Crippen molar-refractivity contribution in [3.8, 4) is 0 Å². The predicted molar refractivity (Wildman–Crippen MR) is 85.2 cm³/mol. The maximum absolute atomic E-state index is 12.2. The predicted octanol–water partition coefficient (Wildman–Crippen LogP) is 2.29. The molecule has 0 bridgehead atoms. The van der Waals surface area contributed by atoms with E-state index in [1.54, 1.807) is 12.1 Å². The van der Waals surface area contributed by atoms with Crippen molar-refractivity contribution in [2.45, 2.75) is 18.6 Å². The van der Waals surface area contributed by atoms with E-state index in [2.05, 4.69) is 4.90 Å². The molecule has 1 aromatic carbocycles. The van der Waals surface area contributed by atoms with Crippen molar-refractivity contribution >= 4 is 5.78 Å². The minimum atomic E-state index is -0.574. The molecule has 1 aliphatic heterocycles. The monoisotopic (exact) mass is 315 g/mol. The molecule has 2 aromatic rings. The SMILES string of the molecule is O=C(C[C@@H]1COCCN1C[C@H](O)c1ccccc1)c1ccco1. The van der Waals surface area contributed by atoms with Gasteiger partial charge in [-0.05, 0) is 17.7 Å². The summed E-state index contributed by atoms with van der Waals surface area (Å²) in [5, 5.41) is 10.4. The minimum Gasteiger partial charge on any atom is -0.461 e. The van der Waals surface area contributed by atoms with Crippen LogP contribution in [0.25, 0.3) is 0 Å². The number of hydrogen-bond acceptors (Lipinski definition) is 5. The van der Waals surface area contributed by atoms with E-state index in [-0.39, 0.29) is 11.8 Å². The Bertz CT molecular complexity index is 611. The number of nitrogens with zero attached hydrogens (tertiary/aromatic N) is 1. The molecule has 5 heteroatoms. The number of hydrogen-bond donors (Lipinski definition) is 1. The normalized spacial score (nSPS) is 20.3. The zero-order valence-corrected chi connectivity index (χ0v) is 12.9. The quantitative estimate of drug-likeness (QED) is 0.829. The summed E-state index contributed by atoms with van der Waals surface area (Å²) in [5.74, 6) is 0.337. The van der Waals surface area contributed by atoms with Gasteiger partial charge in [-0.15, -0.1) is 0 Å². The van der Waals surface area contributed by atoms with Gasteiger partial charge in [0.2, 0.25) is 0 Å². The van der Waals surface area contributed by atoms with Gasteiger partial charge in [-0.1, -0.05) is 30.3 Å². The van der Waals surface area contributed by atoms with E-state index in [4.69, 9.17) is 9.15 Å². The number of ether oxygens (including phenoxy) is 1. The van der Waals surface area contributed by atoms with Crippen LogP contribution in [0.5, 0.6) is 0 Å². The molecule has 1 N–H and O–H groups in total. The molecule has 1 saturated heterocycles. The maximum atomic E-state index is 12.2. The maximum Gasteiger partial charge on any atom is 0.199 e. The average molecular weight is 315 g/mol. The van der Waals surface area contributed by atoms with Crippen LogP contribution in [0.4, 0.5) is 0 Å². The Kier molecular flexibility index (Phi) is 5.23. The van der Waals surface area contributed by atoms with Gasteiger partial charge < -0.3 is 14.3 Å². The summed E-state index contributed by atoms with van der Waals surface area (Å²) in [7, 11) is 0. The Morgan fingerprint density at radius 3 is 2.83 bits per heavy atom. The van der Waals surface area contributed by atoms with Gasteiger partial charge in [0, 0.05) is 25.6 Å². The summed E-state index contributed by atoms with van der Waals surface area (Å²) in [6, 6.07) is 12.9. The highest BCUT2D eigenvalue weighted by atomic mass is 16.5. The second-order valence-electron chi connectivity index (χ2n) is 5.75. The van der Waals surface area contributed by atoms with Crippen molar-refractivity contribution in [1.29, 1.82) is 0 Å². The van der Waals surface area contributed by atoms with Gasteiger partial charge in [0.05, 0.1) is 25.6 Å². The van der Waals surface area contributed by atoms with E-state index in [0.717, 1.165) is 5.56 Å². The molecule has 122 valence electrons. The van der Waals surface area contributed by atoms with Gasteiger partial charge in [-0.3, -0.25) is 9.69 Å². The first-order chi connectivity index (χ1) is 11.2. The third-order valence-corrected chi connectivity index (χ3v) is 4.16. The number of ketones is 1. The van der Waals surface area contributed by atoms with E-state index in [0.29, 0.717) is 38.5 Å². The van der Waals surface area contributed by atoms with Crippen LogP contribution < -0.4 is 0 Å². The Hall–Kier alpha value is -1.95. The largest absolute Gasteiger partial charge is 0.461 e. The highest BCUT2D eigenvalue weighted by molar-refractivity contribution is 5.93. The highest BCUT2D eigenvalue weighted by Gasteiger charge is 2.28. The van der Waals surface area contributed by atoms with Crippen molar-refractivity contribution in [1.82, 2.24) is 4.90 Å². The fourth-order valence-electron chi connectivity index (χ4n) is 2.87. The molecule has 1 aromatic heterocycles. The molecule has 0 amide bonds. The average Bonchev–Trinajstić information content (AvgIpc) is 3.12. The molecule has 2 atom stereocenters. The van der Waals surface area contributed by atoms with E-state index in [1.807, 2.05) is 30.3 Å². The molecular weight excluding hydrogens is 294 g/mol.